The van der Waals surface area contributed by atoms with E-state index in [0.29, 0.717) is 6.42 Å². The molecule has 0 spiro atoms. The summed E-state index contributed by atoms with van der Waals surface area (Å²) in [5, 5.41) is 0. The quantitative estimate of drug-likeness (QED) is 0.0408. The molecule has 84 heavy (non-hydrogen) atoms. The number of benzene rings is 2. The van der Waals surface area contributed by atoms with Crippen LogP contribution in [0.2, 0.25) is 0 Å². The van der Waals surface area contributed by atoms with Gasteiger partial charge in [-0.1, -0.05) is 410 Å². The molecular weight excluding hydrogens is 1040 g/mol. The third-order valence-electron chi connectivity index (χ3n) is 18.8. The minimum absolute atomic E-state index is 0.129. The summed E-state index contributed by atoms with van der Waals surface area (Å²) in [7, 11) is -4.23. The molecule has 3 nitrogen and oxygen atoms in total. The Morgan fingerprint density at radius 1 is 0.405 bits per heavy atom. The maximum absolute atomic E-state index is 15.7. The number of aryl methyl sites for hydroxylation is 2. The third kappa shape index (κ3) is 39.4. The molecule has 1 N–H and O–H groups in total. The van der Waals surface area contributed by atoms with E-state index < -0.39 is 19.4 Å². The Balaban J connectivity index is 1.95. The molecule has 0 saturated carbocycles. The Morgan fingerprint density at radius 3 is 1.02 bits per heavy atom. The summed E-state index contributed by atoms with van der Waals surface area (Å²) in [5.41, 5.74) is 7.34. The van der Waals surface area contributed by atoms with Crippen LogP contribution in [0.5, 0.6) is 0 Å². The van der Waals surface area contributed by atoms with Crippen molar-refractivity contribution in [1.29, 1.82) is 0 Å². The fraction of sp³-hybridized carbons (Fsp3) is 0.825. The first-order chi connectivity index (χ1) is 40.5. The van der Waals surface area contributed by atoms with Crippen molar-refractivity contribution in [3.8, 4) is 0 Å². The second kappa shape index (κ2) is 50.1. The molecule has 0 saturated heterocycles. The van der Waals surface area contributed by atoms with Crippen molar-refractivity contribution in [2.24, 2.45) is 0 Å². The van der Waals surface area contributed by atoms with Gasteiger partial charge in [-0.15, -0.1) is 0 Å². The van der Waals surface area contributed by atoms with Gasteiger partial charge < -0.3 is 9.42 Å². The van der Waals surface area contributed by atoms with Gasteiger partial charge in [-0.3, -0.25) is 4.57 Å². The van der Waals surface area contributed by atoms with Crippen LogP contribution in [0.3, 0.4) is 0 Å². The standard InChI is InChI=1S/C80H145O3P/c1-12-15-18-20-22-24-26-28-30-32-34-36-37-38-40-42-44-46-48-50-52-54-56-58-61-77(73-68-70(4)62-65-75(73)79(6,7)8)83-84(81,82)78(74-69-71(5)63-66-76(74)80(9,10)11)67-64-72(59-17-14-3)60-57-55-53-51-49-47-45-43-41-39-35-33-31-29-27-25-23-21-19-16-13-2/h59,62-63,65-66,68-69,77-78H,12-58,60-61,64,67H2,1-11H3,(H,81,82)/b72-59+. The maximum Gasteiger partial charge on any atom is 0.336 e. The summed E-state index contributed by atoms with van der Waals surface area (Å²) >= 11 is 0. The fourth-order valence-electron chi connectivity index (χ4n) is 13.4. The largest absolute Gasteiger partial charge is 0.336 e. The molecule has 4 heteroatoms. The summed E-state index contributed by atoms with van der Waals surface area (Å²) in [6.07, 6.45) is 69.9. The Morgan fingerprint density at radius 2 is 0.702 bits per heavy atom. The molecule has 488 valence electrons. The Labute approximate surface area is 526 Å². The van der Waals surface area contributed by atoms with Gasteiger partial charge in [-0.25, -0.2) is 0 Å². The Hall–Kier alpha value is -1.67. The second-order valence-corrected chi connectivity index (χ2v) is 31.2. The molecule has 3 unspecified atom stereocenters. The highest BCUT2D eigenvalue weighted by atomic mass is 31.2. The van der Waals surface area contributed by atoms with Crippen LogP contribution >= 0.6 is 7.60 Å². The predicted molar refractivity (Wildman–Crippen MR) is 377 cm³/mol. The number of rotatable bonds is 57. The lowest BCUT2D eigenvalue weighted by Crippen LogP contribution is -2.20. The molecule has 0 aliphatic rings. The molecule has 0 bridgehead atoms. The zero-order valence-corrected chi connectivity index (χ0v) is 59.4. The molecule has 2 aromatic carbocycles. The van der Waals surface area contributed by atoms with Crippen molar-refractivity contribution in [3.63, 3.8) is 0 Å². The third-order valence-corrected chi connectivity index (χ3v) is 20.7. The van der Waals surface area contributed by atoms with Gasteiger partial charge in [0.15, 0.2) is 0 Å². The van der Waals surface area contributed by atoms with E-state index in [9.17, 15) is 4.89 Å². The van der Waals surface area contributed by atoms with E-state index in [2.05, 4.69) is 119 Å². The molecule has 0 fully saturated rings. The lowest BCUT2D eigenvalue weighted by molar-refractivity contribution is 0.155. The number of allylic oxidation sites excluding steroid dienone is 2. The highest BCUT2D eigenvalue weighted by Gasteiger charge is 2.40. The van der Waals surface area contributed by atoms with Crippen LogP contribution < -0.4 is 0 Å². The highest BCUT2D eigenvalue weighted by Crippen LogP contribution is 2.63. The van der Waals surface area contributed by atoms with Gasteiger partial charge in [0.1, 0.15) is 0 Å². The minimum Gasteiger partial charge on any atom is -0.324 e. The van der Waals surface area contributed by atoms with Gasteiger partial charge in [0, 0.05) is 0 Å². The van der Waals surface area contributed by atoms with Crippen LogP contribution in [-0.4, -0.2) is 4.89 Å². The number of hydrogen-bond donors (Lipinski definition) is 1. The summed E-state index contributed by atoms with van der Waals surface area (Å²) in [5.74, 6) is 0. The fourth-order valence-corrected chi connectivity index (χ4v) is 15.1. The molecule has 2 aromatic rings. The number of unbranched alkanes of at least 4 members (excludes halogenated alkanes) is 44. The normalized spacial score (nSPS) is 13.9. The minimum atomic E-state index is -4.23. The van der Waals surface area contributed by atoms with Crippen molar-refractivity contribution in [3.05, 3.63) is 81.4 Å². The molecule has 0 aliphatic heterocycles. The van der Waals surface area contributed by atoms with E-state index in [-0.39, 0.29) is 10.8 Å². The summed E-state index contributed by atoms with van der Waals surface area (Å²) in [6.45, 7) is 24.7. The molecule has 0 radical (unpaired) electrons. The van der Waals surface area contributed by atoms with Crippen LogP contribution in [0.15, 0.2) is 48.0 Å². The monoisotopic (exact) mass is 1190 g/mol. The van der Waals surface area contributed by atoms with Gasteiger partial charge in [-0.2, -0.15) is 0 Å². The smallest absolute Gasteiger partial charge is 0.324 e. The average Bonchev–Trinajstić information content (AvgIpc) is 3.13. The van der Waals surface area contributed by atoms with Crippen molar-refractivity contribution >= 4 is 7.60 Å². The van der Waals surface area contributed by atoms with Crippen LogP contribution in [-0.2, 0) is 19.9 Å². The molecule has 0 aromatic heterocycles. The first-order valence-corrected chi connectivity index (χ1v) is 39.1. The Bertz CT molecular complexity index is 1910. The predicted octanol–water partition coefficient (Wildman–Crippen LogP) is 28.8. The zero-order valence-electron chi connectivity index (χ0n) is 58.5. The van der Waals surface area contributed by atoms with E-state index in [1.54, 1.807) is 0 Å². The summed E-state index contributed by atoms with van der Waals surface area (Å²) < 4.78 is 22.7. The topological polar surface area (TPSA) is 46.5 Å². The molecule has 0 amide bonds. The van der Waals surface area contributed by atoms with Crippen LogP contribution in [0.4, 0.5) is 0 Å². The SMILES string of the molecule is CCC/C=C(\CCCCCCCCCCCCCCCCCCCCCCC)CCC(c1cc(C)ccc1C(C)(C)C)P(=O)(O)OC(CCCCCCCCCCCCCCCCCCCCCCCCCC)c1cc(C)ccc1C(C)(C)C. The van der Waals surface area contributed by atoms with Crippen molar-refractivity contribution in [2.75, 3.05) is 0 Å². The molecular formula is C80H145O3P. The zero-order chi connectivity index (χ0) is 61.4. The first-order valence-electron chi connectivity index (χ1n) is 37.5. The lowest BCUT2D eigenvalue weighted by Gasteiger charge is -2.34. The maximum atomic E-state index is 15.7. The average molecular weight is 1190 g/mol. The van der Waals surface area contributed by atoms with E-state index in [1.165, 1.54) is 293 Å². The van der Waals surface area contributed by atoms with E-state index in [1.807, 2.05) is 0 Å². The van der Waals surface area contributed by atoms with E-state index >= 15 is 4.57 Å². The van der Waals surface area contributed by atoms with E-state index in [4.69, 9.17) is 4.52 Å². The van der Waals surface area contributed by atoms with Crippen molar-refractivity contribution < 1.29 is 14.0 Å². The Kier molecular flexibility index (Phi) is 46.8. The van der Waals surface area contributed by atoms with E-state index in [0.717, 1.165) is 67.2 Å². The van der Waals surface area contributed by atoms with Gasteiger partial charge in [-0.05, 0) is 85.5 Å². The van der Waals surface area contributed by atoms with Crippen LogP contribution in [0.25, 0.3) is 0 Å². The molecule has 3 atom stereocenters. The van der Waals surface area contributed by atoms with Crippen LogP contribution in [0.1, 0.15) is 435 Å². The molecule has 2 rings (SSSR count). The lowest BCUT2D eigenvalue weighted by atomic mass is 9.81. The second-order valence-electron chi connectivity index (χ2n) is 29.3. The van der Waals surface area contributed by atoms with Gasteiger partial charge >= 0.3 is 7.60 Å². The number of hydrogen-bond acceptors (Lipinski definition) is 2. The van der Waals surface area contributed by atoms with Gasteiger partial charge in [0.25, 0.3) is 0 Å². The summed E-state index contributed by atoms with van der Waals surface area (Å²) in [6, 6.07) is 13.4. The van der Waals surface area contributed by atoms with Gasteiger partial charge in [0.2, 0.25) is 0 Å². The summed E-state index contributed by atoms with van der Waals surface area (Å²) in [4.78, 5) is 12.9. The van der Waals surface area contributed by atoms with Crippen molar-refractivity contribution in [1.82, 2.24) is 0 Å². The first kappa shape index (κ1) is 78.4. The molecule has 0 heterocycles. The van der Waals surface area contributed by atoms with Crippen LogP contribution in [0, 0.1) is 13.8 Å². The highest BCUT2D eigenvalue weighted by molar-refractivity contribution is 7.53. The van der Waals surface area contributed by atoms with Gasteiger partial charge in [0.05, 0.1) is 11.8 Å². The van der Waals surface area contributed by atoms with Crippen molar-refractivity contribution in [2.45, 2.75) is 426 Å². The molecule has 0 aliphatic carbocycles.